The molecular weight excluding hydrogens is 444 g/mol. The van der Waals surface area contributed by atoms with Crippen LogP contribution in [0.25, 0.3) is 45.8 Å². The van der Waals surface area contributed by atoms with E-state index in [0.29, 0.717) is 0 Å². The van der Waals surface area contributed by atoms with E-state index in [1.807, 2.05) is 36.7 Å². The van der Waals surface area contributed by atoms with Crippen LogP contribution in [0.5, 0.6) is 0 Å². The van der Waals surface area contributed by atoms with Crippen LogP contribution in [0.2, 0.25) is 0 Å². The molecule has 0 unspecified atom stereocenters. The Morgan fingerprint density at radius 1 is 1.03 bits per heavy atom. The van der Waals surface area contributed by atoms with Crippen molar-refractivity contribution in [3.8, 4) is 22.6 Å². The van der Waals surface area contributed by atoms with Gasteiger partial charge in [-0.05, 0) is 54.3 Å². The van der Waals surface area contributed by atoms with Gasteiger partial charge in [0.2, 0.25) is 0 Å². The molecule has 36 heavy (non-hydrogen) atoms. The van der Waals surface area contributed by atoms with Crippen molar-refractivity contribution >= 4 is 23.2 Å². The van der Waals surface area contributed by atoms with Crippen molar-refractivity contribution < 1.29 is 0 Å². The van der Waals surface area contributed by atoms with Crippen LogP contribution in [-0.2, 0) is 13.0 Å². The molecule has 0 spiro atoms. The van der Waals surface area contributed by atoms with E-state index < -0.39 is 0 Å². The fourth-order valence-corrected chi connectivity index (χ4v) is 4.46. The lowest BCUT2D eigenvalue weighted by Crippen LogP contribution is -2.24. The summed E-state index contributed by atoms with van der Waals surface area (Å²) in [5, 5.41) is 13.1. The molecule has 0 atom stereocenters. The standard InChI is InChI=1S/C30H30N6/c1-4-10-26-25(16-15-22-17-32-19-23(20(22)3)18-31-5-2)29(36-35-26)30-33-27-14-9-13-24(28(27)34-30)21-11-7-6-8-12-21/h4,6-14,16-17,19,31,35H,1,5,15,18H2,2-3H3,(H,33,34)/b25-16+,26-10+. The van der Waals surface area contributed by atoms with E-state index in [-0.39, 0.29) is 0 Å². The summed E-state index contributed by atoms with van der Waals surface area (Å²) in [6.07, 6.45) is 10.5. The predicted octanol–water partition coefficient (Wildman–Crippen LogP) is 4.42. The van der Waals surface area contributed by atoms with E-state index in [0.717, 1.165) is 63.8 Å². The van der Waals surface area contributed by atoms with Gasteiger partial charge < -0.3 is 10.3 Å². The maximum absolute atomic E-state index is 5.00. The summed E-state index contributed by atoms with van der Waals surface area (Å²) in [5.74, 6) is 0.732. The molecular formula is C30H30N6. The van der Waals surface area contributed by atoms with Gasteiger partial charge in [-0.2, -0.15) is 5.10 Å². The molecule has 180 valence electrons. The molecule has 0 saturated carbocycles. The van der Waals surface area contributed by atoms with Crippen molar-refractivity contribution in [3.63, 3.8) is 0 Å². The minimum absolute atomic E-state index is 0.732. The van der Waals surface area contributed by atoms with E-state index in [1.54, 1.807) is 6.08 Å². The molecule has 3 heterocycles. The summed E-state index contributed by atoms with van der Waals surface area (Å²) < 4.78 is 0. The zero-order valence-corrected chi connectivity index (χ0v) is 20.7. The number of nitrogens with one attached hydrogen (secondary N) is 3. The number of benzene rings is 2. The highest BCUT2D eigenvalue weighted by molar-refractivity contribution is 5.93. The fourth-order valence-electron chi connectivity index (χ4n) is 4.46. The van der Waals surface area contributed by atoms with Gasteiger partial charge in [-0.15, -0.1) is 0 Å². The average Bonchev–Trinajstić information content (AvgIpc) is 3.52. The highest BCUT2D eigenvalue weighted by Crippen LogP contribution is 2.28. The average molecular weight is 475 g/mol. The van der Waals surface area contributed by atoms with Crippen LogP contribution in [0.3, 0.4) is 0 Å². The van der Waals surface area contributed by atoms with Crippen LogP contribution < -0.4 is 15.9 Å². The molecule has 0 aliphatic carbocycles. The van der Waals surface area contributed by atoms with E-state index in [2.05, 4.69) is 82.3 Å². The Morgan fingerprint density at radius 3 is 2.67 bits per heavy atom. The highest BCUT2D eigenvalue weighted by atomic mass is 15.1. The predicted molar refractivity (Wildman–Crippen MR) is 148 cm³/mol. The van der Waals surface area contributed by atoms with E-state index in [9.17, 15) is 0 Å². The van der Waals surface area contributed by atoms with Gasteiger partial charge in [-0.1, -0.05) is 68.1 Å². The molecule has 0 aliphatic rings. The Balaban J connectivity index is 1.59. The molecule has 0 bridgehead atoms. The summed E-state index contributed by atoms with van der Waals surface area (Å²) in [6.45, 7) is 9.89. The van der Waals surface area contributed by atoms with Crippen LogP contribution in [0.15, 0.2) is 73.6 Å². The fraction of sp³-hybridized carbons (Fsp3) is 0.167. The van der Waals surface area contributed by atoms with Crippen molar-refractivity contribution in [2.75, 3.05) is 6.54 Å². The molecule has 6 heteroatoms. The van der Waals surface area contributed by atoms with Crippen molar-refractivity contribution in [3.05, 3.63) is 101 Å². The Bertz CT molecular complexity index is 1630. The van der Waals surface area contributed by atoms with Crippen molar-refractivity contribution in [2.24, 2.45) is 0 Å². The van der Waals surface area contributed by atoms with Crippen LogP contribution in [0, 0.1) is 6.92 Å². The van der Waals surface area contributed by atoms with Crippen LogP contribution in [0.4, 0.5) is 0 Å². The molecule has 6 nitrogen and oxygen atoms in total. The van der Waals surface area contributed by atoms with E-state index >= 15 is 0 Å². The van der Waals surface area contributed by atoms with Gasteiger partial charge in [-0.3, -0.25) is 10.1 Å². The molecule has 0 amide bonds. The first-order chi connectivity index (χ1) is 17.7. The van der Waals surface area contributed by atoms with Crippen molar-refractivity contribution in [1.29, 1.82) is 0 Å². The number of nitrogens with zero attached hydrogens (tertiary/aromatic N) is 3. The molecule has 5 rings (SSSR count). The number of hydrogen-bond acceptors (Lipinski definition) is 4. The normalized spacial score (nSPS) is 12.5. The number of H-pyrrole nitrogens is 2. The van der Waals surface area contributed by atoms with Crippen molar-refractivity contribution in [1.82, 2.24) is 30.5 Å². The third-order valence-electron chi connectivity index (χ3n) is 6.46. The first kappa shape index (κ1) is 23.5. The van der Waals surface area contributed by atoms with Gasteiger partial charge >= 0.3 is 0 Å². The van der Waals surface area contributed by atoms with Gasteiger partial charge in [0, 0.05) is 29.7 Å². The highest BCUT2D eigenvalue weighted by Gasteiger charge is 2.14. The molecule has 0 fully saturated rings. The molecule has 5 aromatic rings. The summed E-state index contributed by atoms with van der Waals surface area (Å²) in [7, 11) is 0. The first-order valence-corrected chi connectivity index (χ1v) is 12.2. The molecule has 0 aliphatic heterocycles. The zero-order chi connectivity index (χ0) is 24.9. The van der Waals surface area contributed by atoms with Crippen LogP contribution in [0.1, 0.15) is 23.6 Å². The quantitative estimate of drug-likeness (QED) is 0.311. The van der Waals surface area contributed by atoms with Gasteiger partial charge in [0.25, 0.3) is 0 Å². The number of allylic oxidation sites excluding steroid dienone is 1. The number of hydrogen-bond donors (Lipinski definition) is 3. The second-order valence-electron chi connectivity index (χ2n) is 8.73. The first-order valence-electron chi connectivity index (χ1n) is 12.2. The molecule has 2 aromatic carbocycles. The minimum atomic E-state index is 0.732. The Kier molecular flexibility index (Phi) is 6.87. The third-order valence-corrected chi connectivity index (χ3v) is 6.46. The number of pyridine rings is 1. The van der Waals surface area contributed by atoms with Gasteiger partial charge in [0.05, 0.1) is 16.4 Å². The number of aromatic amines is 2. The Hall–Kier alpha value is -4.29. The summed E-state index contributed by atoms with van der Waals surface area (Å²) in [4.78, 5) is 13.0. The molecule has 0 saturated heterocycles. The number of aromatic nitrogens is 5. The van der Waals surface area contributed by atoms with Gasteiger partial charge in [0.15, 0.2) is 5.82 Å². The monoisotopic (exact) mass is 474 g/mol. The molecule has 3 N–H and O–H groups in total. The summed E-state index contributed by atoms with van der Waals surface area (Å²) in [5.41, 5.74) is 8.59. The van der Waals surface area contributed by atoms with E-state index in [4.69, 9.17) is 4.98 Å². The van der Waals surface area contributed by atoms with Crippen molar-refractivity contribution in [2.45, 2.75) is 26.8 Å². The SMILES string of the molecule is C=C/C=c1/[nH]nc(-c2nc3c(-c4ccccc4)cccc3[nH]2)/c1=C/Cc1cncc(CNCC)c1C. The summed E-state index contributed by atoms with van der Waals surface area (Å²) >= 11 is 0. The molecule has 3 aromatic heterocycles. The van der Waals surface area contributed by atoms with E-state index in [1.165, 1.54) is 16.7 Å². The Morgan fingerprint density at radius 2 is 1.86 bits per heavy atom. The second kappa shape index (κ2) is 10.5. The second-order valence-corrected chi connectivity index (χ2v) is 8.73. The minimum Gasteiger partial charge on any atom is -0.337 e. The Labute approximate surface area is 210 Å². The number of rotatable bonds is 8. The lowest BCUT2D eigenvalue weighted by Gasteiger charge is -2.09. The smallest absolute Gasteiger partial charge is 0.159 e. The number of fused-ring (bicyclic) bond motifs is 1. The zero-order valence-electron chi connectivity index (χ0n) is 20.7. The van der Waals surface area contributed by atoms with Crippen LogP contribution in [-0.4, -0.2) is 31.7 Å². The maximum Gasteiger partial charge on any atom is 0.159 e. The lowest BCUT2D eigenvalue weighted by atomic mass is 10.0. The van der Waals surface area contributed by atoms with Gasteiger partial charge in [-0.25, -0.2) is 4.98 Å². The topological polar surface area (TPSA) is 82.3 Å². The lowest BCUT2D eigenvalue weighted by molar-refractivity contribution is 0.719. The third kappa shape index (κ3) is 4.63. The summed E-state index contributed by atoms with van der Waals surface area (Å²) in [6, 6.07) is 16.5. The number of imidazole rings is 1. The molecule has 0 radical (unpaired) electrons. The van der Waals surface area contributed by atoms with Gasteiger partial charge in [0.1, 0.15) is 5.69 Å². The van der Waals surface area contributed by atoms with Crippen LogP contribution >= 0.6 is 0 Å². The maximum atomic E-state index is 5.00. The number of para-hydroxylation sites is 1. The largest absolute Gasteiger partial charge is 0.337 e.